The Labute approximate surface area is 158 Å². The van der Waals surface area contributed by atoms with E-state index in [0.717, 1.165) is 0 Å². The molecule has 8 heteroatoms. The monoisotopic (exact) mass is 391 g/mol. The summed E-state index contributed by atoms with van der Waals surface area (Å²) >= 11 is 0. The molecule has 2 aromatic carbocycles. The molecule has 1 heterocycles. The molecule has 27 heavy (non-hydrogen) atoms. The Bertz CT molecular complexity index is 890. The van der Waals surface area contributed by atoms with E-state index in [4.69, 9.17) is 0 Å². The van der Waals surface area contributed by atoms with Crippen LogP contribution in [0.1, 0.15) is 12.0 Å². The summed E-state index contributed by atoms with van der Waals surface area (Å²) < 4.78 is 40.1. The number of carbonyl (C=O) groups is 1. The molecule has 1 aliphatic rings. The lowest BCUT2D eigenvalue weighted by Crippen LogP contribution is -2.42. The fraction of sp³-hybridized carbons (Fsp3) is 0.316. The van der Waals surface area contributed by atoms with Crippen molar-refractivity contribution in [3.63, 3.8) is 0 Å². The minimum absolute atomic E-state index is 0.221. The molecule has 3 rings (SSSR count). The van der Waals surface area contributed by atoms with Crippen LogP contribution in [0.4, 0.5) is 9.18 Å². The molecule has 0 spiro atoms. The third-order valence-electron chi connectivity index (χ3n) is 4.46. The number of sulfonamides is 1. The number of urea groups is 1. The molecule has 144 valence electrons. The predicted molar refractivity (Wildman–Crippen MR) is 100 cm³/mol. The lowest BCUT2D eigenvalue weighted by molar-refractivity contribution is 0.200. The zero-order valence-corrected chi connectivity index (χ0v) is 15.7. The molecule has 1 N–H and O–H groups in total. The van der Waals surface area contributed by atoms with E-state index in [1.165, 1.54) is 16.4 Å². The maximum Gasteiger partial charge on any atom is 0.317 e. The number of nitrogens with zero attached hydrogens (tertiary/aromatic N) is 2. The fourth-order valence-corrected chi connectivity index (χ4v) is 4.51. The van der Waals surface area contributed by atoms with Gasteiger partial charge in [0.1, 0.15) is 5.82 Å². The van der Waals surface area contributed by atoms with Crippen LogP contribution in [-0.4, -0.2) is 49.8 Å². The zero-order chi connectivity index (χ0) is 19.3. The van der Waals surface area contributed by atoms with Crippen LogP contribution >= 0.6 is 0 Å². The Morgan fingerprint density at radius 1 is 1.00 bits per heavy atom. The van der Waals surface area contributed by atoms with Crippen LogP contribution in [0.2, 0.25) is 0 Å². The van der Waals surface area contributed by atoms with Crippen LogP contribution in [0, 0.1) is 5.82 Å². The summed E-state index contributed by atoms with van der Waals surface area (Å²) in [5.41, 5.74) is 0.673. The van der Waals surface area contributed by atoms with Crippen LogP contribution in [0.25, 0.3) is 0 Å². The van der Waals surface area contributed by atoms with Crippen LogP contribution < -0.4 is 5.32 Å². The van der Waals surface area contributed by atoms with Gasteiger partial charge in [0.05, 0.1) is 4.90 Å². The van der Waals surface area contributed by atoms with Gasteiger partial charge in [-0.1, -0.05) is 30.3 Å². The van der Waals surface area contributed by atoms with Gasteiger partial charge >= 0.3 is 6.03 Å². The molecule has 2 amide bonds. The minimum atomic E-state index is -3.56. The number of rotatable bonds is 4. The standard InChI is InChI=1S/C19H22FN3O3S/c20-17-7-4-6-16(14-17)15-21-19(24)22-10-5-11-23(13-12-22)27(25,26)18-8-2-1-3-9-18/h1-4,6-9,14H,5,10-13,15H2,(H,21,24). The molecular weight excluding hydrogens is 369 g/mol. The van der Waals surface area contributed by atoms with Crippen molar-refractivity contribution in [3.8, 4) is 0 Å². The van der Waals surface area contributed by atoms with Crippen LogP contribution in [0.15, 0.2) is 59.5 Å². The molecule has 0 aliphatic carbocycles. The van der Waals surface area contributed by atoms with E-state index in [2.05, 4.69) is 5.32 Å². The van der Waals surface area contributed by atoms with Crippen molar-refractivity contribution in [1.29, 1.82) is 0 Å². The topological polar surface area (TPSA) is 69.7 Å². The van der Waals surface area contributed by atoms with E-state index in [1.807, 2.05) is 0 Å². The lowest BCUT2D eigenvalue weighted by atomic mass is 10.2. The number of halogens is 1. The van der Waals surface area contributed by atoms with Gasteiger partial charge in [-0.15, -0.1) is 0 Å². The highest BCUT2D eigenvalue weighted by Crippen LogP contribution is 2.17. The first-order valence-electron chi connectivity index (χ1n) is 8.79. The number of hydrogen-bond acceptors (Lipinski definition) is 3. The highest BCUT2D eigenvalue weighted by atomic mass is 32.2. The smallest absolute Gasteiger partial charge is 0.317 e. The Hall–Kier alpha value is -2.45. The minimum Gasteiger partial charge on any atom is -0.334 e. The second kappa shape index (κ2) is 8.49. The normalized spacial score (nSPS) is 16.0. The average Bonchev–Trinajstić information content (AvgIpc) is 2.94. The first kappa shape index (κ1) is 19.3. The molecular formula is C19H22FN3O3S. The molecule has 0 atom stereocenters. The molecule has 0 aromatic heterocycles. The summed E-state index contributed by atoms with van der Waals surface area (Å²) in [6, 6.07) is 14.1. The van der Waals surface area contributed by atoms with E-state index in [1.54, 1.807) is 47.4 Å². The number of hydrogen-bond donors (Lipinski definition) is 1. The highest BCUT2D eigenvalue weighted by molar-refractivity contribution is 7.89. The largest absolute Gasteiger partial charge is 0.334 e. The van der Waals surface area contributed by atoms with Gasteiger partial charge in [-0.05, 0) is 36.2 Å². The number of benzene rings is 2. The van der Waals surface area contributed by atoms with E-state index in [9.17, 15) is 17.6 Å². The molecule has 2 aromatic rings. The predicted octanol–water partition coefficient (Wildman–Crippen LogP) is 2.43. The molecule has 0 bridgehead atoms. The van der Waals surface area contributed by atoms with Crippen LogP contribution in [0.5, 0.6) is 0 Å². The fourth-order valence-electron chi connectivity index (χ4n) is 3.02. The Kier molecular flexibility index (Phi) is 6.08. The quantitative estimate of drug-likeness (QED) is 0.870. The van der Waals surface area contributed by atoms with Crippen molar-refractivity contribution in [3.05, 3.63) is 66.0 Å². The highest BCUT2D eigenvalue weighted by Gasteiger charge is 2.28. The van der Waals surface area contributed by atoms with Crippen molar-refractivity contribution in [2.24, 2.45) is 0 Å². The van der Waals surface area contributed by atoms with E-state index >= 15 is 0 Å². The third kappa shape index (κ3) is 4.84. The van der Waals surface area contributed by atoms with Crippen LogP contribution in [-0.2, 0) is 16.6 Å². The average molecular weight is 391 g/mol. The molecule has 0 saturated carbocycles. The first-order valence-corrected chi connectivity index (χ1v) is 10.2. The van der Waals surface area contributed by atoms with Gasteiger partial charge in [-0.3, -0.25) is 0 Å². The lowest BCUT2D eigenvalue weighted by Gasteiger charge is -2.22. The molecule has 6 nitrogen and oxygen atoms in total. The van der Waals surface area contributed by atoms with Crippen molar-refractivity contribution < 1.29 is 17.6 Å². The Morgan fingerprint density at radius 2 is 1.78 bits per heavy atom. The second-order valence-electron chi connectivity index (χ2n) is 6.35. The molecule has 1 fully saturated rings. The number of nitrogens with one attached hydrogen (secondary N) is 1. The summed E-state index contributed by atoms with van der Waals surface area (Å²) in [6.45, 7) is 1.60. The van der Waals surface area contributed by atoms with Gasteiger partial charge in [-0.2, -0.15) is 4.31 Å². The summed E-state index contributed by atoms with van der Waals surface area (Å²) in [7, 11) is -3.56. The number of amides is 2. The molecule has 0 unspecified atom stereocenters. The first-order chi connectivity index (χ1) is 13.0. The van der Waals surface area contributed by atoms with Gasteiger partial charge in [0.25, 0.3) is 0 Å². The maximum atomic E-state index is 13.2. The SMILES string of the molecule is O=C(NCc1cccc(F)c1)N1CCCN(S(=O)(=O)c2ccccc2)CC1. The van der Waals surface area contributed by atoms with Gasteiger partial charge in [0.15, 0.2) is 0 Å². The molecule has 0 radical (unpaired) electrons. The van der Waals surface area contributed by atoms with E-state index in [-0.39, 0.29) is 29.8 Å². The van der Waals surface area contributed by atoms with E-state index in [0.29, 0.717) is 31.6 Å². The summed E-state index contributed by atoms with van der Waals surface area (Å²) in [6.07, 6.45) is 0.555. The van der Waals surface area contributed by atoms with Gasteiger partial charge < -0.3 is 10.2 Å². The van der Waals surface area contributed by atoms with Gasteiger partial charge in [-0.25, -0.2) is 17.6 Å². The van der Waals surface area contributed by atoms with Crippen molar-refractivity contribution in [1.82, 2.24) is 14.5 Å². The van der Waals surface area contributed by atoms with Crippen molar-refractivity contribution in [2.45, 2.75) is 17.9 Å². The number of carbonyl (C=O) groups excluding carboxylic acids is 1. The van der Waals surface area contributed by atoms with Gasteiger partial charge in [0, 0.05) is 32.7 Å². The Balaban J connectivity index is 1.58. The summed E-state index contributed by atoms with van der Waals surface area (Å²) in [5.74, 6) is -0.349. The zero-order valence-electron chi connectivity index (χ0n) is 14.8. The third-order valence-corrected chi connectivity index (χ3v) is 6.37. The Morgan fingerprint density at radius 3 is 2.52 bits per heavy atom. The maximum absolute atomic E-state index is 13.2. The molecule has 1 aliphatic heterocycles. The summed E-state index contributed by atoms with van der Waals surface area (Å²) in [5, 5.41) is 2.76. The van der Waals surface area contributed by atoms with Crippen molar-refractivity contribution in [2.75, 3.05) is 26.2 Å². The summed E-state index contributed by atoms with van der Waals surface area (Å²) in [4.78, 5) is 14.2. The van der Waals surface area contributed by atoms with Crippen LogP contribution in [0.3, 0.4) is 0 Å². The molecule has 1 saturated heterocycles. The van der Waals surface area contributed by atoms with Gasteiger partial charge in [0.2, 0.25) is 10.0 Å². The second-order valence-corrected chi connectivity index (χ2v) is 8.28. The van der Waals surface area contributed by atoms with Crippen molar-refractivity contribution >= 4 is 16.1 Å². The van der Waals surface area contributed by atoms with E-state index < -0.39 is 10.0 Å².